The number of fused-ring (bicyclic) bond motifs is 1. The van der Waals surface area contributed by atoms with Crippen LogP contribution in [-0.2, 0) is 4.79 Å². The molecule has 0 radical (unpaired) electrons. The second kappa shape index (κ2) is 4.82. The molecule has 2 aliphatic rings. The number of hydrogen-bond acceptors (Lipinski definition) is 4. The minimum Gasteiger partial charge on any atom is -0.316 e. The number of nitrogens with zero attached hydrogens (tertiary/aromatic N) is 1. The predicted octanol–water partition coefficient (Wildman–Crippen LogP) is 2.72. The highest BCUT2D eigenvalue weighted by Gasteiger charge is 2.25. The van der Waals surface area contributed by atoms with Crippen LogP contribution >= 0.6 is 11.3 Å². The van der Waals surface area contributed by atoms with E-state index < -0.39 is 0 Å². The van der Waals surface area contributed by atoms with E-state index in [0.29, 0.717) is 0 Å². The van der Waals surface area contributed by atoms with Gasteiger partial charge in [0.15, 0.2) is 5.13 Å². The first-order chi connectivity index (χ1) is 9.79. The van der Waals surface area contributed by atoms with Crippen LogP contribution in [0.4, 0.5) is 5.13 Å². The fourth-order valence-corrected chi connectivity index (χ4v) is 3.67. The molecule has 0 bridgehead atoms. The van der Waals surface area contributed by atoms with E-state index in [4.69, 9.17) is 0 Å². The molecule has 1 saturated heterocycles. The van der Waals surface area contributed by atoms with Gasteiger partial charge in [0.05, 0.1) is 16.1 Å². The molecule has 0 spiro atoms. The fourth-order valence-electron chi connectivity index (χ4n) is 2.75. The molecule has 4 rings (SSSR count). The Morgan fingerprint density at radius 2 is 2.25 bits per heavy atom. The monoisotopic (exact) mass is 287 g/mol. The standard InChI is InChI=1S/C15H17N3OS/c19-14(11-5-6-16-8-11)18-15-17-12-4-3-10(9-1-2-9)7-13(12)20-15/h3-4,7,9,11,16H,1-2,5-6,8H2,(H,17,18,19)/t11-/m1/s1. The lowest BCUT2D eigenvalue weighted by Gasteiger charge is -2.06. The number of amides is 1. The van der Waals surface area contributed by atoms with Crippen LogP contribution in [0.2, 0.25) is 0 Å². The van der Waals surface area contributed by atoms with E-state index in [1.54, 1.807) is 11.3 Å². The molecule has 1 aliphatic heterocycles. The zero-order valence-electron chi connectivity index (χ0n) is 11.2. The zero-order valence-corrected chi connectivity index (χ0v) is 12.0. The maximum absolute atomic E-state index is 12.1. The van der Waals surface area contributed by atoms with E-state index in [0.717, 1.165) is 36.1 Å². The van der Waals surface area contributed by atoms with Crippen molar-refractivity contribution < 1.29 is 4.79 Å². The fraction of sp³-hybridized carbons (Fsp3) is 0.467. The molecule has 1 aliphatic carbocycles. The molecular weight excluding hydrogens is 270 g/mol. The Bertz CT molecular complexity index is 656. The summed E-state index contributed by atoms with van der Waals surface area (Å²) in [5.74, 6) is 0.935. The van der Waals surface area contributed by atoms with E-state index in [1.165, 1.54) is 23.1 Å². The molecule has 2 heterocycles. The van der Waals surface area contributed by atoms with Crippen molar-refractivity contribution >= 4 is 32.6 Å². The topological polar surface area (TPSA) is 54.0 Å². The number of hydrogen-bond donors (Lipinski definition) is 2. The van der Waals surface area contributed by atoms with Gasteiger partial charge in [-0.1, -0.05) is 17.4 Å². The Kier molecular flexibility index (Phi) is 2.97. The van der Waals surface area contributed by atoms with Crippen LogP contribution in [0.3, 0.4) is 0 Å². The molecule has 1 amide bonds. The van der Waals surface area contributed by atoms with E-state index in [1.807, 2.05) is 0 Å². The Labute approximate surface area is 121 Å². The van der Waals surface area contributed by atoms with E-state index >= 15 is 0 Å². The summed E-state index contributed by atoms with van der Waals surface area (Å²) in [5.41, 5.74) is 2.40. The summed E-state index contributed by atoms with van der Waals surface area (Å²) in [6.07, 6.45) is 3.54. The lowest BCUT2D eigenvalue weighted by molar-refractivity contribution is -0.119. The second-order valence-corrected chi connectivity index (χ2v) is 6.73. The van der Waals surface area contributed by atoms with Gasteiger partial charge in [-0.05, 0) is 49.4 Å². The van der Waals surface area contributed by atoms with Gasteiger partial charge >= 0.3 is 0 Å². The van der Waals surface area contributed by atoms with Crippen molar-refractivity contribution in [2.24, 2.45) is 5.92 Å². The largest absolute Gasteiger partial charge is 0.316 e. The molecular formula is C15H17N3OS. The van der Waals surface area contributed by atoms with Crippen LogP contribution in [0.1, 0.15) is 30.7 Å². The third kappa shape index (κ3) is 2.31. The van der Waals surface area contributed by atoms with E-state index in [9.17, 15) is 4.79 Å². The minimum absolute atomic E-state index is 0.0871. The maximum Gasteiger partial charge on any atom is 0.230 e. The first kappa shape index (κ1) is 12.3. The molecule has 5 heteroatoms. The number of thiazole rings is 1. The molecule has 1 saturated carbocycles. The molecule has 1 aromatic carbocycles. The van der Waals surface area contributed by atoms with Gasteiger partial charge in [-0.3, -0.25) is 4.79 Å². The summed E-state index contributed by atoms with van der Waals surface area (Å²) >= 11 is 1.58. The first-order valence-electron chi connectivity index (χ1n) is 7.22. The van der Waals surface area contributed by atoms with Crippen LogP contribution in [0.5, 0.6) is 0 Å². The number of anilines is 1. The van der Waals surface area contributed by atoms with Crippen molar-refractivity contribution in [1.29, 1.82) is 0 Å². The van der Waals surface area contributed by atoms with Gasteiger partial charge in [0.1, 0.15) is 0 Å². The molecule has 1 aromatic heterocycles. The average molecular weight is 287 g/mol. The molecule has 2 N–H and O–H groups in total. The van der Waals surface area contributed by atoms with Gasteiger partial charge in [-0.2, -0.15) is 0 Å². The molecule has 1 atom stereocenters. The summed E-state index contributed by atoms with van der Waals surface area (Å²) in [4.78, 5) is 16.6. The molecule has 104 valence electrons. The Morgan fingerprint density at radius 3 is 3.00 bits per heavy atom. The molecule has 2 fully saturated rings. The summed E-state index contributed by atoms with van der Waals surface area (Å²) < 4.78 is 1.18. The number of carbonyl (C=O) groups is 1. The van der Waals surface area contributed by atoms with Crippen molar-refractivity contribution in [2.45, 2.75) is 25.2 Å². The van der Waals surface area contributed by atoms with Crippen LogP contribution < -0.4 is 10.6 Å². The Hall–Kier alpha value is -1.46. The Morgan fingerprint density at radius 1 is 1.35 bits per heavy atom. The SMILES string of the molecule is O=C(Nc1nc2ccc(C3CC3)cc2s1)[C@@H]1CCNC1. The number of nitrogens with one attached hydrogen (secondary N) is 2. The average Bonchev–Trinajstić information content (AvgIpc) is 3.01. The van der Waals surface area contributed by atoms with E-state index in [2.05, 4.69) is 33.8 Å². The second-order valence-electron chi connectivity index (χ2n) is 5.70. The summed E-state index contributed by atoms with van der Waals surface area (Å²) in [5, 5.41) is 6.91. The van der Waals surface area contributed by atoms with Crippen molar-refractivity contribution in [1.82, 2.24) is 10.3 Å². The lowest BCUT2D eigenvalue weighted by Crippen LogP contribution is -2.24. The summed E-state index contributed by atoms with van der Waals surface area (Å²) in [7, 11) is 0. The van der Waals surface area contributed by atoms with Crippen molar-refractivity contribution in [3.8, 4) is 0 Å². The molecule has 0 unspecified atom stereocenters. The first-order valence-corrected chi connectivity index (χ1v) is 8.03. The van der Waals surface area contributed by atoms with Crippen LogP contribution in [-0.4, -0.2) is 24.0 Å². The number of benzene rings is 1. The summed E-state index contributed by atoms with van der Waals surface area (Å²) in [6.45, 7) is 1.71. The van der Waals surface area contributed by atoms with Gasteiger partial charge in [0, 0.05) is 6.54 Å². The van der Waals surface area contributed by atoms with Gasteiger partial charge in [0.2, 0.25) is 5.91 Å². The number of aromatic nitrogens is 1. The van der Waals surface area contributed by atoms with Crippen LogP contribution in [0, 0.1) is 5.92 Å². The van der Waals surface area contributed by atoms with Gasteiger partial charge in [0.25, 0.3) is 0 Å². The Balaban J connectivity index is 1.55. The van der Waals surface area contributed by atoms with Crippen LogP contribution in [0.25, 0.3) is 10.2 Å². The number of carbonyl (C=O) groups excluding carboxylic acids is 1. The third-order valence-electron chi connectivity index (χ3n) is 4.12. The van der Waals surface area contributed by atoms with Gasteiger partial charge in [-0.25, -0.2) is 4.98 Å². The van der Waals surface area contributed by atoms with Gasteiger partial charge < -0.3 is 10.6 Å². The highest BCUT2D eigenvalue weighted by Crippen LogP contribution is 2.41. The number of rotatable bonds is 3. The smallest absolute Gasteiger partial charge is 0.230 e. The normalized spacial score (nSPS) is 22.3. The predicted molar refractivity (Wildman–Crippen MR) is 81.2 cm³/mol. The molecule has 2 aromatic rings. The lowest BCUT2D eigenvalue weighted by atomic mass is 10.1. The van der Waals surface area contributed by atoms with Crippen molar-refractivity contribution in [3.63, 3.8) is 0 Å². The molecule has 20 heavy (non-hydrogen) atoms. The minimum atomic E-state index is 0.0871. The van der Waals surface area contributed by atoms with E-state index in [-0.39, 0.29) is 11.8 Å². The van der Waals surface area contributed by atoms with Crippen LogP contribution in [0.15, 0.2) is 18.2 Å². The quantitative estimate of drug-likeness (QED) is 0.912. The maximum atomic E-state index is 12.1. The van der Waals surface area contributed by atoms with Crippen molar-refractivity contribution in [3.05, 3.63) is 23.8 Å². The highest BCUT2D eigenvalue weighted by molar-refractivity contribution is 7.22. The molecule has 4 nitrogen and oxygen atoms in total. The zero-order chi connectivity index (χ0) is 13.5. The highest BCUT2D eigenvalue weighted by atomic mass is 32.1. The third-order valence-corrected chi connectivity index (χ3v) is 5.06. The van der Waals surface area contributed by atoms with Gasteiger partial charge in [-0.15, -0.1) is 0 Å². The summed E-state index contributed by atoms with van der Waals surface area (Å²) in [6, 6.07) is 6.48. The van der Waals surface area contributed by atoms with Crippen molar-refractivity contribution in [2.75, 3.05) is 18.4 Å².